The van der Waals surface area contributed by atoms with Gasteiger partial charge in [0.15, 0.2) is 11.5 Å². The minimum Gasteiger partial charge on any atom is -0.493 e. The molecular weight excluding hydrogens is 244 g/mol. The van der Waals surface area contributed by atoms with Crippen molar-refractivity contribution in [3.63, 3.8) is 0 Å². The molecule has 0 aliphatic carbocycles. The van der Waals surface area contributed by atoms with Gasteiger partial charge in [0.25, 0.3) is 0 Å². The first-order valence-electron chi connectivity index (χ1n) is 6.55. The van der Waals surface area contributed by atoms with Crippen LogP contribution in [0.2, 0.25) is 0 Å². The average Bonchev–Trinajstić information content (AvgIpc) is 2.81. The predicted molar refractivity (Wildman–Crippen MR) is 74.0 cm³/mol. The van der Waals surface area contributed by atoms with Crippen molar-refractivity contribution < 1.29 is 14.2 Å². The van der Waals surface area contributed by atoms with E-state index >= 15 is 0 Å². The lowest BCUT2D eigenvalue weighted by molar-refractivity contribution is 0.173. The highest BCUT2D eigenvalue weighted by Gasteiger charge is 2.17. The molecule has 106 valence electrons. The molecule has 1 N–H and O–H groups in total. The number of hydrogen-bond acceptors (Lipinski definition) is 5. The maximum atomic E-state index is 5.86. The number of fused-ring (bicyclic) bond motifs is 1. The van der Waals surface area contributed by atoms with Gasteiger partial charge in [-0.3, -0.25) is 0 Å². The van der Waals surface area contributed by atoms with Crippen molar-refractivity contribution in [1.82, 2.24) is 10.2 Å². The highest BCUT2D eigenvalue weighted by atomic mass is 16.7. The fourth-order valence-corrected chi connectivity index (χ4v) is 1.99. The molecule has 0 fully saturated rings. The van der Waals surface area contributed by atoms with Crippen LogP contribution in [0.5, 0.6) is 17.2 Å². The molecule has 1 aromatic carbocycles. The van der Waals surface area contributed by atoms with Crippen LogP contribution < -0.4 is 19.5 Å². The van der Waals surface area contributed by atoms with Crippen LogP contribution in [0.4, 0.5) is 0 Å². The molecule has 5 nitrogen and oxygen atoms in total. The molecule has 0 amide bonds. The van der Waals surface area contributed by atoms with Crippen molar-refractivity contribution in [2.75, 3.05) is 41.1 Å². The zero-order valence-electron chi connectivity index (χ0n) is 11.9. The molecular formula is C14H22N2O3. The summed E-state index contributed by atoms with van der Waals surface area (Å²) in [6.45, 7) is 2.76. The lowest BCUT2D eigenvalue weighted by Gasteiger charge is -2.14. The summed E-state index contributed by atoms with van der Waals surface area (Å²) in [4.78, 5) is 2.15. The first-order valence-corrected chi connectivity index (χ1v) is 6.55. The van der Waals surface area contributed by atoms with E-state index in [0.29, 0.717) is 13.4 Å². The standard InChI is InChI=1S/C14H22N2O3/c1-15-9-11-7-13-14(19-10-18-13)8-12(11)17-6-4-5-16(2)3/h7-8,15H,4-6,9-10H2,1-3H3. The van der Waals surface area contributed by atoms with Crippen LogP contribution >= 0.6 is 0 Å². The Hall–Kier alpha value is -1.46. The third-order valence-corrected chi connectivity index (χ3v) is 2.93. The molecule has 2 rings (SSSR count). The Labute approximate surface area is 114 Å². The second-order valence-corrected chi connectivity index (χ2v) is 4.85. The van der Waals surface area contributed by atoms with Crippen molar-refractivity contribution in [2.24, 2.45) is 0 Å². The minimum atomic E-state index is 0.290. The Morgan fingerprint density at radius 3 is 2.68 bits per heavy atom. The van der Waals surface area contributed by atoms with Gasteiger partial charge in [0.05, 0.1) is 6.61 Å². The maximum Gasteiger partial charge on any atom is 0.231 e. The van der Waals surface area contributed by atoms with Crippen LogP contribution in [0.15, 0.2) is 12.1 Å². The van der Waals surface area contributed by atoms with Crippen molar-refractivity contribution >= 4 is 0 Å². The molecule has 0 saturated heterocycles. The Kier molecular flexibility index (Phi) is 4.87. The van der Waals surface area contributed by atoms with E-state index in [1.54, 1.807) is 0 Å². The summed E-state index contributed by atoms with van der Waals surface area (Å²) < 4.78 is 16.6. The normalized spacial score (nSPS) is 13.1. The van der Waals surface area contributed by atoms with Gasteiger partial charge in [-0.1, -0.05) is 0 Å². The van der Waals surface area contributed by atoms with E-state index < -0.39 is 0 Å². The fourth-order valence-electron chi connectivity index (χ4n) is 1.99. The number of hydrogen-bond donors (Lipinski definition) is 1. The van der Waals surface area contributed by atoms with Gasteiger partial charge in [-0.05, 0) is 33.6 Å². The summed E-state index contributed by atoms with van der Waals surface area (Å²) in [5.74, 6) is 2.44. The Morgan fingerprint density at radius 2 is 2.00 bits per heavy atom. The van der Waals surface area contributed by atoms with Gasteiger partial charge in [0.1, 0.15) is 5.75 Å². The monoisotopic (exact) mass is 266 g/mol. The predicted octanol–water partition coefficient (Wildman–Crippen LogP) is 1.47. The van der Waals surface area contributed by atoms with Crippen LogP contribution in [0.25, 0.3) is 0 Å². The molecule has 0 spiro atoms. The van der Waals surface area contributed by atoms with E-state index in [-0.39, 0.29) is 0 Å². The van der Waals surface area contributed by atoms with Gasteiger partial charge < -0.3 is 24.4 Å². The van der Waals surface area contributed by atoms with E-state index in [1.807, 2.05) is 19.2 Å². The van der Waals surface area contributed by atoms with Crippen molar-refractivity contribution in [2.45, 2.75) is 13.0 Å². The SMILES string of the molecule is CNCc1cc2c(cc1OCCCN(C)C)OCO2. The van der Waals surface area contributed by atoms with Crippen LogP contribution in [-0.4, -0.2) is 46.0 Å². The van der Waals surface area contributed by atoms with Crippen LogP contribution in [-0.2, 0) is 6.54 Å². The maximum absolute atomic E-state index is 5.86. The molecule has 1 heterocycles. The summed E-state index contributed by atoms with van der Waals surface area (Å²) in [5, 5.41) is 3.14. The second kappa shape index (κ2) is 6.63. The lowest BCUT2D eigenvalue weighted by atomic mass is 10.1. The Balaban J connectivity index is 2.01. The Morgan fingerprint density at radius 1 is 1.26 bits per heavy atom. The number of nitrogens with one attached hydrogen (secondary N) is 1. The second-order valence-electron chi connectivity index (χ2n) is 4.85. The Bertz CT molecular complexity index is 421. The fraction of sp³-hybridized carbons (Fsp3) is 0.571. The number of benzene rings is 1. The highest BCUT2D eigenvalue weighted by molar-refractivity contribution is 5.51. The van der Waals surface area contributed by atoms with Crippen LogP contribution in [0, 0.1) is 0 Å². The minimum absolute atomic E-state index is 0.290. The van der Waals surface area contributed by atoms with E-state index in [9.17, 15) is 0 Å². The summed E-state index contributed by atoms with van der Waals surface area (Å²) in [6.07, 6.45) is 1.00. The van der Waals surface area contributed by atoms with Gasteiger partial charge in [-0.2, -0.15) is 0 Å². The van der Waals surface area contributed by atoms with Gasteiger partial charge in [0.2, 0.25) is 6.79 Å². The molecule has 0 aromatic heterocycles. The number of rotatable bonds is 7. The van der Waals surface area contributed by atoms with Crippen molar-refractivity contribution in [3.8, 4) is 17.2 Å². The van der Waals surface area contributed by atoms with E-state index in [0.717, 1.165) is 42.3 Å². The highest BCUT2D eigenvalue weighted by Crippen LogP contribution is 2.38. The lowest BCUT2D eigenvalue weighted by Crippen LogP contribution is -2.16. The van der Waals surface area contributed by atoms with E-state index in [2.05, 4.69) is 24.3 Å². The number of ether oxygens (including phenoxy) is 3. The first kappa shape index (κ1) is 14.0. The largest absolute Gasteiger partial charge is 0.493 e. The van der Waals surface area contributed by atoms with Gasteiger partial charge >= 0.3 is 0 Å². The van der Waals surface area contributed by atoms with Crippen LogP contribution in [0.1, 0.15) is 12.0 Å². The molecule has 5 heteroatoms. The summed E-state index contributed by atoms with van der Waals surface area (Å²) >= 11 is 0. The molecule has 19 heavy (non-hydrogen) atoms. The third kappa shape index (κ3) is 3.75. The molecule has 0 bridgehead atoms. The summed E-state index contributed by atoms with van der Waals surface area (Å²) in [5.41, 5.74) is 1.09. The van der Waals surface area contributed by atoms with Crippen molar-refractivity contribution in [3.05, 3.63) is 17.7 Å². The van der Waals surface area contributed by atoms with Crippen molar-refractivity contribution in [1.29, 1.82) is 0 Å². The van der Waals surface area contributed by atoms with E-state index in [1.165, 1.54) is 0 Å². The smallest absolute Gasteiger partial charge is 0.231 e. The van der Waals surface area contributed by atoms with Gasteiger partial charge in [0, 0.05) is 24.7 Å². The van der Waals surface area contributed by atoms with E-state index in [4.69, 9.17) is 14.2 Å². The molecule has 0 atom stereocenters. The zero-order chi connectivity index (χ0) is 13.7. The molecule has 0 unspecified atom stereocenters. The molecule has 0 saturated carbocycles. The quantitative estimate of drug-likeness (QED) is 0.757. The first-order chi connectivity index (χ1) is 9.20. The summed E-state index contributed by atoms with van der Waals surface area (Å²) in [6, 6.07) is 3.91. The van der Waals surface area contributed by atoms with Gasteiger partial charge in [-0.25, -0.2) is 0 Å². The zero-order valence-corrected chi connectivity index (χ0v) is 11.9. The average molecular weight is 266 g/mol. The number of nitrogens with zero attached hydrogens (tertiary/aromatic N) is 1. The molecule has 0 radical (unpaired) electrons. The van der Waals surface area contributed by atoms with Gasteiger partial charge in [-0.15, -0.1) is 0 Å². The molecule has 1 aliphatic heterocycles. The third-order valence-electron chi connectivity index (χ3n) is 2.93. The summed E-state index contributed by atoms with van der Waals surface area (Å²) in [7, 11) is 6.04. The molecule has 1 aromatic rings. The topological polar surface area (TPSA) is 43.0 Å². The molecule has 1 aliphatic rings. The van der Waals surface area contributed by atoms with Crippen LogP contribution in [0.3, 0.4) is 0 Å².